The minimum absolute atomic E-state index is 0.322. The third-order valence-electron chi connectivity index (χ3n) is 2.96. The van der Waals surface area contributed by atoms with Crippen molar-refractivity contribution in [3.05, 3.63) is 66.1 Å². The highest BCUT2D eigenvalue weighted by atomic mass is 19.1. The largest absolute Gasteiger partial charge is 0.457 e. The van der Waals surface area contributed by atoms with Crippen LogP contribution in [0.25, 0.3) is 10.9 Å². The molecule has 0 aliphatic rings. The maximum Gasteiger partial charge on any atom is 0.130 e. The lowest BCUT2D eigenvalue weighted by atomic mass is 10.2. The highest BCUT2D eigenvalue weighted by Gasteiger charge is 2.02. The van der Waals surface area contributed by atoms with Gasteiger partial charge in [-0.3, -0.25) is 4.98 Å². The van der Waals surface area contributed by atoms with Gasteiger partial charge in [0.1, 0.15) is 17.3 Å². The zero-order valence-corrected chi connectivity index (χ0v) is 10.7. The van der Waals surface area contributed by atoms with Gasteiger partial charge in [0.05, 0.1) is 11.2 Å². The molecular formula is C16H13FN2O. The van der Waals surface area contributed by atoms with Gasteiger partial charge in [-0.25, -0.2) is 4.39 Å². The summed E-state index contributed by atoms with van der Waals surface area (Å²) in [6.45, 7) is 0.414. The fourth-order valence-electron chi connectivity index (χ4n) is 1.99. The molecule has 3 aromatic rings. The number of nitrogens with two attached hydrogens (primary N) is 1. The maximum atomic E-state index is 13.1. The van der Waals surface area contributed by atoms with Crippen molar-refractivity contribution in [1.29, 1.82) is 0 Å². The van der Waals surface area contributed by atoms with Crippen molar-refractivity contribution < 1.29 is 9.13 Å². The van der Waals surface area contributed by atoms with E-state index in [2.05, 4.69) is 4.98 Å². The molecule has 0 fully saturated rings. The molecule has 0 saturated carbocycles. The summed E-state index contributed by atoms with van der Waals surface area (Å²) in [6, 6.07) is 15.4. The molecule has 0 unspecified atom stereocenters. The van der Waals surface area contributed by atoms with Gasteiger partial charge in [-0.15, -0.1) is 0 Å². The zero-order chi connectivity index (χ0) is 13.9. The second-order valence-corrected chi connectivity index (χ2v) is 4.42. The second-order valence-electron chi connectivity index (χ2n) is 4.42. The summed E-state index contributed by atoms with van der Waals surface area (Å²) in [5.41, 5.74) is 7.27. The van der Waals surface area contributed by atoms with E-state index in [0.29, 0.717) is 18.0 Å². The van der Waals surface area contributed by atoms with Crippen molar-refractivity contribution in [3.8, 4) is 11.5 Å². The van der Waals surface area contributed by atoms with Crippen molar-refractivity contribution in [2.24, 2.45) is 5.73 Å². The third kappa shape index (κ3) is 2.60. The summed E-state index contributed by atoms with van der Waals surface area (Å²) < 4.78 is 18.7. The Morgan fingerprint density at radius 1 is 1.00 bits per heavy atom. The molecule has 3 nitrogen and oxygen atoms in total. The van der Waals surface area contributed by atoms with Gasteiger partial charge in [0.2, 0.25) is 0 Å². The van der Waals surface area contributed by atoms with Crippen LogP contribution >= 0.6 is 0 Å². The minimum Gasteiger partial charge on any atom is -0.457 e. The van der Waals surface area contributed by atoms with Crippen LogP contribution in [-0.2, 0) is 6.54 Å². The number of ether oxygens (including phenoxy) is 1. The SMILES string of the molecule is NCc1ccc2cc(Oc3cccc(F)c3)ccc2n1. The maximum absolute atomic E-state index is 13.1. The molecule has 0 atom stereocenters. The zero-order valence-electron chi connectivity index (χ0n) is 10.7. The smallest absolute Gasteiger partial charge is 0.130 e. The van der Waals surface area contributed by atoms with Crippen LogP contribution in [0.5, 0.6) is 11.5 Å². The van der Waals surface area contributed by atoms with Gasteiger partial charge in [0.15, 0.2) is 0 Å². The molecule has 0 amide bonds. The van der Waals surface area contributed by atoms with E-state index >= 15 is 0 Å². The van der Waals surface area contributed by atoms with Crippen LogP contribution < -0.4 is 10.5 Å². The van der Waals surface area contributed by atoms with Gasteiger partial charge in [-0.1, -0.05) is 12.1 Å². The van der Waals surface area contributed by atoms with Crippen molar-refractivity contribution in [2.45, 2.75) is 6.54 Å². The molecule has 20 heavy (non-hydrogen) atoms. The molecule has 0 spiro atoms. The van der Waals surface area contributed by atoms with E-state index in [-0.39, 0.29) is 5.82 Å². The third-order valence-corrected chi connectivity index (χ3v) is 2.96. The quantitative estimate of drug-likeness (QED) is 0.789. The monoisotopic (exact) mass is 268 g/mol. The second kappa shape index (κ2) is 5.27. The Morgan fingerprint density at radius 2 is 1.85 bits per heavy atom. The Morgan fingerprint density at radius 3 is 2.65 bits per heavy atom. The van der Waals surface area contributed by atoms with Crippen LogP contribution in [0, 0.1) is 5.82 Å². The normalized spacial score (nSPS) is 10.7. The Labute approximate surface area is 115 Å². The molecule has 0 radical (unpaired) electrons. The summed E-state index contributed by atoms with van der Waals surface area (Å²) in [7, 11) is 0. The fourth-order valence-corrected chi connectivity index (χ4v) is 1.99. The molecule has 0 saturated heterocycles. The molecule has 0 aliphatic heterocycles. The van der Waals surface area contributed by atoms with Crippen LogP contribution in [-0.4, -0.2) is 4.98 Å². The predicted molar refractivity (Wildman–Crippen MR) is 76.1 cm³/mol. The summed E-state index contributed by atoms with van der Waals surface area (Å²) in [4.78, 5) is 4.42. The molecule has 0 bridgehead atoms. The van der Waals surface area contributed by atoms with E-state index in [0.717, 1.165) is 16.6 Å². The Kier molecular flexibility index (Phi) is 3.31. The molecular weight excluding hydrogens is 255 g/mol. The topological polar surface area (TPSA) is 48.1 Å². The van der Waals surface area contributed by atoms with Crippen LogP contribution in [0.15, 0.2) is 54.6 Å². The lowest BCUT2D eigenvalue weighted by Crippen LogP contribution is -1.99. The first-order valence-corrected chi connectivity index (χ1v) is 6.28. The summed E-state index contributed by atoms with van der Waals surface area (Å²) in [5, 5.41) is 0.955. The predicted octanol–water partition coefficient (Wildman–Crippen LogP) is 3.62. The Balaban J connectivity index is 1.93. The molecule has 2 aromatic carbocycles. The van der Waals surface area contributed by atoms with Gasteiger partial charge < -0.3 is 10.5 Å². The van der Waals surface area contributed by atoms with E-state index in [1.54, 1.807) is 18.2 Å². The van der Waals surface area contributed by atoms with E-state index in [1.807, 2.05) is 24.3 Å². The van der Waals surface area contributed by atoms with Gasteiger partial charge in [-0.2, -0.15) is 0 Å². The van der Waals surface area contributed by atoms with Crippen LogP contribution in [0.4, 0.5) is 4.39 Å². The molecule has 0 aliphatic carbocycles. The molecule has 4 heteroatoms. The van der Waals surface area contributed by atoms with E-state index < -0.39 is 0 Å². The molecule has 3 rings (SSSR count). The average molecular weight is 268 g/mol. The number of hydrogen-bond acceptors (Lipinski definition) is 3. The molecule has 100 valence electrons. The summed E-state index contributed by atoms with van der Waals surface area (Å²) in [5.74, 6) is 0.791. The Bertz CT molecular complexity index is 758. The highest BCUT2D eigenvalue weighted by molar-refractivity contribution is 5.80. The Hall–Kier alpha value is -2.46. The first kappa shape index (κ1) is 12.6. The number of benzene rings is 2. The number of aromatic nitrogens is 1. The van der Waals surface area contributed by atoms with Crippen LogP contribution in [0.1, 0.15) is 5.69 Å². The first-order chi connectivity index (χ1) is 9.74. The van der Waals surface area contributed by atoms with Crippen molar-refractivity contribution in [2.75, 3.05) is 0 Å². The molecule has 1 heterocycles. The first-order valence-electron chi connectivity index (χ1n) is 6.28. The number of fused-ring (bicyclic) bond motifs is 1. The number of halogens is 1. The van der Waals surface area contributed by atoms with Gasteiger partial charge >= 0.3 is 0 Å². The fraction of sp³-hybridized carbons (Fsp3) is 0.0625. The summed E-state index contributed by atoms with van der Waals surface area (Å²) in [6.07, 6.45) is 0. The average Bonchev–Trinajstić information content (AvgIpc) is 2.47. The van der Waals surface area contributed by atoms with Crippen molar-refractivity contribution >= 4 is 10.9 Å². The molecule has 2 N–H and O–H groups in total. The highest BCUT2D eigenvalue weighted by Crippen LogP contribution is 2.25. The van der Waals surface area contributed by atoms with E-state index in [9.17, 15) is 4.39 Å². The molecule has 1 aromatic heterocycles. The van der Waals surface area contributed by atoms with E-state index in [4.69, 9.17) is 10.5 Å². The van der Waals surface area contributed by atoms with Gasteiger partial charge in [0.25, 0.3) is 0 Å². The lowest BCUT2D eigenvalue weighted by Gasteiger charge is -2.07. The van der Waals surface area contributed by atoms with Gasteiger partial charge in [0, 0.05) is 18.0 Å². The van der Waals surface area contributed by atoms with Crippen molar-refractivity contribution in [3.63, 3.8) is 0 Å². The minimum atomic E-state index is -0.322. The number of nitrogens with zero attached hydrogens (tertiary/aromatic N) is 1. The van der Waals surface area contributed by atoms with Crippen LogP contribution in [0.2, 0.25) is 0 Å². The number of pyridine rings is 1. The van der Waals surface area contributed by atoms with Crippen LogP contribution in [0.3, 0.4) is 0 Å². The lowest BCUT2D eigenvalue weighted by molar-refractivity contribution is 0.477. The van der Waals surface area contributed by atoms with E-state index in [1.165, 1.54) is 12.1 Å². The summed E-state index contributed by atoms with van der Waals surface area (Å²) >= 11 is 0. The van der Waals surface area contributed by atoms with Gasteiger partial charge in [-0.05, 0) is 36.4 Å². The standard InChI is InChI=1S/C16H13FN2O/c17-12-2-1-3-14(9-12)20-15-6-7-16-11(8-15)4-5-13(10-18)19-16/h1-9H,10,18H2. The van der Waals surface area contributed by atoms with Crippen molar-refractivity contribution in [1.82, 2.24) is 4.98 Å². The number of hydrogen-bond donors (Lipinski definition) is 1. The number of rotatable bonds is 3.